The second kappa shape index (κ2) is 11.2. The molecular weight excluding hydrogens is 312 g/mol. The Morgan fingerprint density at radius 3 is 2.32 bits per heavy atom. The van der Waals surface area contributed by atoms with Crippen molar-refractivity contribution in [1.82, 2.24) is 0 Å². The molecule has 1 unspecified atom stereocenters. The van der Waals surface area contributed by atoms with Crippen molar-refractivity contribution >= 4 is 12.2 Å². The lowest BCUT2D eigenvalue weighted by atomic mass is 10.2. The number of rotatable bonds is 11. The van der Waals surface area contributed by atoms with E-state index in [9.17, 15) is 5.11 Å². The molecule has 1 atom stereocenters. The molecule has 132 valence electrons. The van der Waals surface area contributed by atoms with Crippen LogP contribution in [-0.4, -0.2) is 24.6 Å². The molecule has 0 fully saturated rings. The van der Waals surface area contributed by atoms with Gasteiger partial charge in [-0.05, 0) is 48.6 Å². The summed E-state index contributed by atoms with van der Waals surface area (Å²) in [4.78, 5) is 0. The average molecular weight is 338 g/mol. The van der Waals surface area contributed by atoms with Crippen LogP contribution in [0.15, 0.2) is 67.3 Å². The standard InChI is InChI=1S/C22H26O3/c1-2-19-11-14-21(15-12-19)24-17-7-4-8-18-25-22(23)16-13-20-9-5-3-6-10-20/h2-3,5-6,9-16,22-23H,1,4,7-8,17-18H2/b16-13+. The number of ether oxygens (including phenoxy) is 2. The third-order valence-electron chi connectivity index (χ3n) is 3.71. The van der Waals surface area contributed by atoms with Gasteiger partial charge in [0.15, 0.2) is 6.29 Å². The van der Waals surface area contributed by atoms with Crippen LogP contribution in [0.1, 0.15) is 30.4 Å². The minimum atomic E-state index is -0.861. The van der Waals surface area contributed by atoms with Gasteiger partial charge in [-0.25, -0.2) is 0 Å². The van der Waals surface area contributed by atoms with Crippen molar-refractivity contribution in [3.05, 3.63) is 78.4 Å². The molecule has 0 aliphatic carbocycles. The first-order chi connectivity index (χ1) is 12.3. The molecule has 0 saturated heterocycles. The van der Waals surface area contributed by atoms with E-state index >= 15 is 0 Å². The Bertz CT molecular complexity index is 632. The summed E-state index contributed by atoms with van der Waals surface area (Å²) in [6.07, 6.45) is 7.33. The normalized spacial score (nSPS) is 12.2. The van der Waals surface area contributed by atoms with Gasteiger partial charge in [0.2, 0.25) is 0 Å². The monoisotopic (exact) mass is 338 g/mol. The molecule has 0 aliphatic heterocycles. The summed E-state index contributed by atoms with van der Waals surface area (Å²) in [5.74, 6) is 0.878. The molecule has 3 nitrogen and oxygen atoms in total. The maximum Gasteiger partial charge on any atom is 0.174 e. The van der Waals surface area contributed by atoms with Crippen molar-refractivity contribution in [2.45, 2.75) is 25.6 Å². The van der Waals surface area contributed by atoms with Gasteiger partial charge in [0, 0.05) is 0 Å². The zero-order valence-electron chi connectivity index (χ0n) is 14.5. The smallest absolute Gasteiger partial charge is 0.174 e. The molecule has 3 heteroatoms. The van der Waals surface area contributed by atoms with Gasteiger partial charge in [0.1, 0.15) is 5.75 Å². The third kappa shape index (κ3) is 7.84. The summed E-state index contributed by atoms with van der Waals surface area (Å²) in [7, 11) is 0. The first-order valence-electron chi connectivity index (χ1n) is 8.66. The molecule has 0 saturated carbocycles. The highest BCUT2D eigenvalue weighted by molar-refractivity contribution is 5.49. The predicted octanol–water partition coefficient (Wildman–Crippen LogP) is 4.93. The molecular formula is C22H26O3. The lowest BCUT2D eigenvalue weighted by Gasteiger charge is -2.09. The van der Waals surface area contributed by atoms with E-state index in [2.05, 4.69) is 6.58 Å². The Kier molecular flexibility index (Phi) is 8.53. The molecule has 0 radical (unpaired) electrons. The largest absolute Gasteiger partial charge is 0.494 e. The number of hydrogen-bond donors (Lipinski definition) is 1. The van der Waals surface area contributed by atoms with Crippen LogP contribution in [0.2, 0.25) is 0 Å². The quantitative estimate of drug-likeness (QED) is 0.466. The second-order valence-electron chi connectivity index (χ2n) is 5.71. The first-order valence-corrected chi connectivity index (χ1v) is 8.66. The number of aliphatic hydroxyl groups is 1. The van der Waals surface area contributed by atoms with Gasteiger partial charge in [-0.3, -0.25) is 0 Å². The Hall–Kier alpha value is -2.36. The van der Waals surface area contributed by atoms with Crippen molar-refractivity contribution in [3.63, 3.8) is 0 Å². The molecule has 2 rings (SSSR count). The van der Waals surface area contributed by atoms with Crippen molar-refractivity contribution in [2.75, 3.05) is 13.2 Å². The summed E-state index contributed by atoms with van der Waals surface area (Å²) in [5.41, 5.74) is 2.13. The summed E-state index contributed by atoms with van der Waals surface area (Å²) in [5, 5.41) is 9.76. The van der Waals surface area contributed by atoms with Gasteiger partial charge in [0.05, 0.1) is 13.2 Å². The molecule has 2 aromatic carbocycles. The van der Waals surface area contributed by atoms with Crippen LogP contribution in [0.4, 0.5) is 0 Å². The van der Waals surface area contributed by atoms with Crippen LogP contribution in [0.5, 0.6) is 5.75 Å². The predicted molar refractivity (Wildman–Crippen MR) is 103 cm³/mol. The zero-order chi connectivity index (χ0) is 17.7. The fourth-order valence-electron chi connectivity index (χ4n) is 2.29. The Morgan fingerprint density at radius 1 is 0.880 bits per heavy atom. The Morgan fingerprint density at radius 2 is 1.60 bits per heavy atom. The maximum absolute atomic E-state index is 9.76. The van der Waals surface area contributed by atoms with Crippen LogP contribution in [-0.2, 0) is 4.74 Å². The van der Waals surface area contributed by atoms with E-state index in [1.807, 2.05) is 66.7 Å². The van der Waals surface area contributed by atoms with Gasteiger partial charge < -0.3 is 14.6 Å². The van der Waals surface area contributed by atoms with E-state index < -0.39 is 6.29 Å². The first kappa shape index (κ1) is 19.0. The van der Waals surface area contributed by atoms with E-state index in [1.165, 1.54) is 0 Å². The van der Waals surface area contributed by atoms with Gasteiger partial charge in [-0.2, -0.15) is 0 Å². The third-order valence-corrected chi connectivity index (χ3v) is 3.71. The average Bonchev–Trinajstić information content (AvgIpc) is 2.67. The molecule has 1 N–H and O–H groups in total. The fourth-order valence-corrected chi connectivity index (χ4v) is 2.29. The van der Waals surface area contributed by atoms with E-state index in [-0.39, 0.29) is 0 Å². The number of aliphatic hydroxyl groups excluding tert-OH is 1. The van der Waals surface area contributed by atoms with Gasteiger partial charge in [0.25, 0.3) is 0 Å². The molecule has 0 aromatic heterocycles. The molecule has 0 amide bonds. The van der Waals surface area contributed by atoms with E-state index in [1.54, 1.807) is 6.08 Å². The summed E-state index contributed by atoms with van der Waals surface area (Å²) >= 11 is 0. The van der Waals surface area contributed by atoms with Gasteiger partial charge in [-0.15, -0.1) is 0 Å². The molecule has 0 bridgehead atoms. The molecule has 25 heavy (non-hydrogen) atoms. The molecule has 0 aliphatic rings. The fraction of sp³-hybridized carbons (Fsp3) is 0.273. The van der Waals surface area contributed by atoms with Gasteiger partial charge >= 0.3 is 0 Å². The Balaban J connectivity index is 1.51. The van der Waals surface area contributed by atoms with Gasteiger partial charge in [-0.1, -0.05) is 61.2 Å². The van der Waals surface area contributed by atoms with E-state index in [4.69, 9.17) is 9.47 Å². The number of benzene rings is 2. The molecule has 2 aromatic rings. The summed E-state index contributed by atoms with van der Waals surface area (Å²) in [6.45, 7) is 4.95. The van der Waals surface area contributed by atoms with Crippen LogP contribution in [0, 0.1) is 0 Å². The van der Waals surface area contributed by atoms with Crippen molar-refractivity contribution in [1.29, 1.82) is 0 Å². The lowest BCUT2D eigenvalue weighted by molar-refractivity contribution is -0.0646. The number of hydrogen-bond acceptors (Lipinski definition) is 3. The van der Waals surface area contributed by atoms with Crippen LogP contribution in [0.25, 0.3) is 12.2 Å². The van der Waals surface area contributed by atoms with Crippen LogP contribution < -0.4 is 4.74 Å². The van der Waals surface area contributed by atoms with Crippen molar-refractivity contribution in [2.24, 2.45) is 0 Å². The highest BCUT2D eigenvalue weighted by atomic mass is 16.6. The minimum Gasteiger partial charge on any atom is -0.494 e. The topological polar surface area (TPSA) is 38.7 Å². The zero-order valence-corrected chi connectivity index (χ0v) is 14.5. The van der Waals surface area contributed by atoms with Crippen LogP contribution >= 0.6 is 0 Å². The Labute approximate surface area is 150 Å². The number of unbranched alkanes of at least 4 members (excludes halogenated alkanes) is 2. The second-order valence-corrected chi connectivity index (χ2v) is 5.71. The SMILES string of the molecule is C=Cc1ccc(OCCCCCOC(O)/C=C/c2ccccc2)cc1. The van der Waals surface area contributed by atoms with E-state index in [0.717, 1.165) is 36.1 Å². The highest BCUT2D eigenvalue weighted by Crippen LogP contribution is 2.13. The summed E-state index contributed by atoms with van der Waals surface area (Å²) < 4.78 is 11.1. The van der Waals surface area contributed by atoms with Crippen molar-refractivity contribution < 1.29 is 14.6 Å². The molecule has 0 spiro atoms. The van der Waals surface area contributed by atoms with Crippen molar-refractivity contribution in [3.8, 4) is 5.75 Å². The minimum absolute atomic E-state index is 0.536. The van der Waals surface area contributed by atoms with Crippen LogP contribution in [0.3, 0.4) is 0 Å². The highest BCUT2D eigenvalue weighted by Gasteiger charge is 1.99. The maximum atomic E-state index is 9.76. The van der Waals surface area contributed by atoms with E-state index in [0.29, 0.717) is 13.2 Å². The lowest BCUT2D eigenvalue weighted by Crippen LogP contribution is -2.09. The molecule has 0 heterocycles. The summed E-state index contributed by atoms with van der Waals surface area (Å²) in [6, 6.07) is 17.7.